The number of likely N-dealkylation sites (N-methyl/N-ethyl adjacent to an activating group) is 2. The molecule has 0 fully saturated rings. The third kappa shape index (κ3) is 5.69. The number of aryl methyl sites for hydroxylation is 1. The summed E-state index contributed by atoms with van der Waals surface area (Å²) < 4.78 is 2.42. The zero-order valence-corrected chi connectivity index (χ0v) is 20.1. The molecule has 3 rings (SSSR count). The lowest BCUT2D eigenvalue weighted by Gasteiger charge is -2.31. The van der Waals surface area contributed by atoms with Crippen molar-refractivity contribution in [2.24, 2.45) is 0 Å². The van der Waals surface area contributed by atoms with E-state index in [0.29, 0.717) is 0 Å². The normalized spacial score (nSPS) is 11.7. The van der Waals surface area contributed by atoms with Gasteiger partial charge in [-0.1, -0.05) is 69.7 Å². The molecule has 0 aliphatic carbocycles. The Balaban J connectivity index is 2.01. The number of hydrogen-bond donors (Lipinski definition) is 0. The van der Waals surface area contributed by atoms with E-state index in [4.69, 9.17) is 0 Å². The zero-order valence-electron chi connectivity index (χ0n) is 20.1. The molecule has 1 heterocycles. The van der Waals surface area contributed by atoms with Crippen LogP contribution in [-0.2, 0) is 0 Å². The molecule has 0 aliphatic heterocycles. The van der Waals surface area contributed by atoms with E-state index in [2.05, 4.69) is 109 Å². The highest BCUT2D eigenvalue weighted by Crippen LogP contribution is 2.31. The molecular weight excluding hydrogens is 380 g/mol. The zero-order chi connectivity index (χ0) is 22.2. The number of fused-ring (bicyclic) bond motifs is 1. The molecule has 0 radical (unpaired) electrons. The lowest BCUT2D eigenvalue weighted by molar-refractivity contribution is 0.282. The van der Waals surface area contributed by atoms with Crippen LogP contribution in [-0.4, -0.2) is 66.8 Å². The SMILES string of the molecule is CCN(CC)CCN(CCN(CC)CC)n1cc(-c2ccccc2)c2cc(C)ccc21. The molecule has 0 spiro atoms. The molecule has 2 aromatic carbocycles. The van der Waals surface area contributed by atoms with Crippen molar-refractivity contribution in [3.8, 4) is 11.1 Å². The van der Waals surface area contributed by atoms with Crippen molar-refractivity contribution in [2.75, 3.05) is 57.4 Å². The Kier molecular flexibility index (Phi) is 8.56. The Labute approximate surface area is 189 Å². The van der Waals surface area contributed by atoms with Crippen molar-refractivity contribution >= 4 is 10.9 Å². The van der Waals surface area contributed by atoms with Gasteiger partial charge in [0.05, 0.1) is 5.52 Å². The van der Waals surface area contributed by atoms with Crippen LogP contribution in [0.4, 0.5) is 0 Å². The first-order valence-corrected chi connectivity index (χ1v) is 12.0. The fourth-order valence-electron chi connectivity index (χ4n) is 4.33. The first kappa shape index (κ1) is 23.4. The van der Waals surface area contributed by atoms with Gasteiger partial charge in [-0.05, 0) is 50.8 Å². The smallest absolute Gasteiger partial charge is 0.0701 e. The van der Waals surface area contributed by atoms with Crippen molar-refractivity contribution in [3.05, 3.63) is 60.3 Å². The van der Waals surface area contributed by atoms with Gasteiger partial charge in [-0.2, -0.15) is 0 Å². The largest absolute Gasteiger partial charge is 0.310 e. The molecule has 4 nitrogen and oxygen atoms in total. The Morgan fingerprint density at radius 1 is 0.710 bits per heavy atom. The molecule has 4 heteroatoms. The van der Waals surface area contributed by atoms with Crippen LogP contribution >= 0.6 is 0 Å². The summed E-state index contributed by atoms with van der Waals surface area (Å²) in [4.78, 5) is 5.02. The predicted molar refractivity (Wildman–Crippen MR) is 136 cm³/mol. The van der Waals surface area contributed by atoms with Crippen LogP contribution in [0.1, 0.15) is 33.3 Å². The van der Waals surface area contributed by atoms with Crippen molar-refractivity contribution in [1.82, 2.24) is 14.5 Å². The lowest BCUT2D eigenvalue weighted by atomic mass is 10.0. The average molecular weight is 421 g/mol. The number of hydrogen-bond acceptors (Lipinski definition) is 3. The molecule has 0 amide bonds. The fraction of sp³-hybridized carbons (Fsp3) is 0.481. The number of rotatable bonds is 12. The summed E-state index contributed by atoms with van der Waals surface area (Å²) in [5, 5.41) is 3.88. The first-order chi connectivity index (χ1) is 15.1. The van der Waals surface area contributed by atoms with Crippen molar-refractivity contribution in [2.45, 2.75) is 34.6 Å². The molecular formula is C27H40N4. The monoisotopic (exact) mass is 420 g/mol. The second-order valence-electron chi connectivity index (χ2n) is 8.28. The molecule has 31 heavy (non-hydrogen) atoms. The summed E-state index contributed by atoms with van der Waals surface area (Å²) in [5.74, 6) is 0. The minimum Gasteiger partial charge on any atom is -0.310 e. The van der Waals surface area contributed by atoms with E-state index >= 15 is 0 Å². The highest BCUT2D eigenvalue weighted by Gasteiger charge is 2.16. The average Bonchev–Trinajstić information content (AvgIpc) is 3.17. The van der Waals surface area contributed by atoms with Crippen molar-refractivity contribution in [1.29, 1.82) is 0 Å². The highest BCUT2D eigenvalue weighted by molar-refractivity contribution is 5.96. The van der Waals surface area contributed by atoms with Crippen LogP contribution in [0.3, 0.4) is 0 Å². The number of benzene rings is 2. The summed E-state index contributed by atoms with van der Waals surface area (Å²) in [6.07, 6.45) is 2.35. The number of aromatic nitrogens is 1. The van der Waals surface area contributed by atoms with Crippen molar-refractivity contribution < 1.29 is 0 Å². The second kappa shape index (κ2) is 11.4. The van der Waals surface area contributed by atoms with Gasteiger partial charge in [-0.15, -0.1) is 0 Å². The van der Waals surface area contributed by atoms with E-state index in [1.54, 1.807) is 0 Å². The van der Waals surface area contributed by atoms with Crippen LogP contribution < -0.4 is 5.01 Å². The Bertz CT molecular complexity index is 907. The highest BCUT2D eigenvalue weighted by atomic mass is 15.5. The summed E-state index contributed by atoms with van der Waals surface area (Å²) in [5.41, 5.74) is 5.20. The molecule has 0 N–H and O–H groups in total. The van der Waals surface area contributed by atoms with Crippen LogP contribution in [0, 0.1) is 6.92 Å². The Morgan fingerprint density at radius 2 is 1.29 bits per heavy atom. The first-order valence-electron chi connectivity index (χ1n) is 12.0. The Morgan fingerprint density at radius 3 is 1.84 bits per heavy atom. The van der Waals surface area contributed by atoms with Gasteiger partial charge in [0.2, 0.25) is 0 Å². The van der Waals surface area contributed by atoms with Crippen LogP contribution in [0.2, 0.25) is 0 Å². The van der Waals surface area contributed by atoms with Crippen LogP contribution in [0.15, 0.2) is 54.7 Å². The molecule has 168 valence electrons. The van der Waals surface area contributed by atoms with Gasteiger partial charge in [0, 0.05) is 43.3 Å². The Hall–Kier alpha value is -2.30. The van der Waals surface area contributed by atoms with Crippen LogP contribution in [0.5, 0.6) is 0 Å². The number of nitrogens with zero attached hydrogens (tertiary/aromatic N) is 4. The molecule has 0 atom stereocenters. The lowest BCUT2D eigenvalue weighted by Crippen LogP contribution is -2.45. The van der Waals surface area contributed by atoms with Gasteiger partial charge in [0.15, 0.2) is 0 Å². The summed E-state index contributed by atoms with van der Waals surface area (Å²) in [6.45, 7) is 19.8. The molecule has 0 saturated heterocycles. The predicted octanol–water partition coefficient (Wildman–Crippen LogP) is 5.24. The topological polar surface area (TPSA) is 14.7 Å². The summed E-state index contributed by atoms with van der Waals surface area (Å²) in [6, 6.07) is 17.7. The minimum atomic E-state index is 1.02. The van der Waals surface area contributed by atoms with Gasteiger partial charge < -0.3 is 14.8 Å². The van der Waals surface area contributed by atoms with Gasteiger partial charge in [-0.3, -0.25) is 4.68 Å². The van der Waals surface area contributed by atoms with E-state index in [1.165, 1.54) is 27.6 Å². The molecule has 0 bridgehead atoms. The van der Waals surface area contributed by atoms with Crippen molar-refractivity contribution in [3.63, 3.8) is 0 Å². The molecule has 1 aromatic heterocycles. The van der Waals surface area contributed by atoms with E-state index in [-0.39, 0.29) is 0 Å². The maximum absolute atomic E-state index is 2.54. The maximum atomic E-state index is 2.54. The quantitative estimate of drug-likeness (QED) is 0.398. The molecule has 3 aromatic rings. The van der Waals surface area contributed by atoms with Crippen LogP contribution in [0.25, 0.3) is 22.0 Å². The van der Waals surface area contributed by atoms with E-state index in [0.717, 1.165) is 52.4 Å². The molecule has 0 aliphatic rings. The van der Waals surface area contributed by atoms with E-state index < -0.39 is 0 Å². The van der Waals surface area contributed by atoms with Gasteiger partial charge in [-0.25, -0.2) is 0 Å². The summed E-state index contributed by atoms with van der Waals surface area (Å²) in [7, 11) is 0. The molecule has 0 unspecified atom stereocenters. The standard InChI is InChI=1S/C27H40N4/c1-6-28(7-2)17-19-30(20-18-29(8-3)9-4)31-22-26(24-13-11-10-12-14-24)25-21-23(5)15-16-27(25)31/h10-16,21-22H,6-9,17-20H2,1-5H3. The van der Waals surface area contributed by atoms with Gasteiger partial charge in [0.25, 0.3) is 0 Å². The third-order valence-corrected chi connectivity index (χ3v) is 6.47. The third-order valence-electron chi connectivity index (χ3n) is 6.47. The minimum absolute atomic E-state index is 1.02. The maximum Gasteiger partial charge on any atom is 0.0701 e. The molecule has 0 saturated carbocycles. The fourth-order valence-corrected chi connectivity index (χ4v) is 4.33. The van der Waals surface area contributed by atoms with E-state index in [1.807, 2.05) is 0 Å². The summed E-state index contributed by atoms with van der Waals surface area (Å²) >= 11 is 0. The van der Waals surface area contributed by atoms with E-state index in [9.17, 15) is 0 Å². The van der Waals surface area contributed by atoms with Gasteiger partial charge in [0.1, 0.15) is 0 Å². The van der Waals surface area contributed by atoms with Gasteiger partial charge >= 0.3 is 0 Å². The second-order valence-corrected chi connectivity index (χ2v) is 8.28.